The minimum Gasteiger partial charge on any atom is -0.425 e. The number of nitrogens with zero attached hydrogens (tertiary/aromatic N) is 2. The molecule has 0 aromatic carbocycles. The normalized spacial score (nSPS) is 21.8. The van der Waals surface area contributed by atoms with E-state index in [9.17, 15) is 0 Å². The van der Waals surface area contributed by atoms with Crippen molar-refractivity contribution in [3.8, 4) is 0 Å². The molecule has 0 atom stereocenters. The van der Waals surface area contributed by atoms with Gasteiger partial charge in [0.05, 0.1) is 12.0 Å². The van der Waals surface area contributed by atoms with Crippen LogP contribution in [-0.4, -0.2) is 35.5 Å². The highest BCUT2D eigenvalue weighted by Gasteiger charge is 2.38. The summed E-state index contributed by atoms with van der Waals surface area (Å²) in [6.07, 6.45) is 7.64. The topological polar surface area (TPSA) is 60.2 Å². The molecule has 0 spiro atoms. The molecule has 0 radical (unpaired) electrons. The molecule has 1 heterocycles. The Balaban J connectivity index is 1.49. The van der Waals surface area contributed by atoms with Gasteiger partial charge in [-0.3, -0.25) is 0 Å². The van der Waals surface area contributed by atoms with Gasteiger partial charge in [0.15, 0.2) is 0 Å². The Morgan fingerprint density at radius 3 is 2.72 bits per heavy atom. The SMILES string of the molecule is COC1(Cc2nnc(CCNC3CC3)o2)CCC1. The van der Waals surface area contributed by atoms with Gasteiger partial charge in [-0.15, -0.1) is 10.2 Å². The minimum absolute atomic E-state index is 0.0317. The van der Waals surface area contributed by atoms with E-state index in [4.69, 9.17) is 9.15 Å². The maximum atomic E-state index is 5.68. The number of hydrogen-bond acceptors (Lipinski definition) is 5. The summed E-state index contributed by atoms with van der Waals surface area (Å²) in [5.74, 6) is 1.46. The van der Waals surface area contributed by atoms with E-state index in [1.165, 1.54) is 19.3 Å². The Bertz CT molecular complexity index is 391. The first-order valence-electron chi connectivity index (χ1n) is 6.89. The lowest BCUT2D eigenvalue weighted by Gasteiger charge is -2.39. The maximum Gasteiger partial charge on any atom is 0.219 e. The van der Waals surface area contributed by atoms with Crippen LogP contribution in [0, 0.1) is 0 Å². The van der Waals surface area contributed by atoms with Crippen LogP contribution in [0.4, 0.5) is 0 Å². The average Bonchev–Trinajstić information content (AvgIpc) is 3.04. The lowest BCUT2D eigenvalue weighted by Crippen LogP contribution is -2.41. The summed E-state index contributed by atoms with van der Waals surface area (Å²) in [7, 11) is 1.77. The molecule has 0 aliphatic heterocycles. The summed E-state index contributed by atoms with van der Waals surface area (Å²) < 4.78 is 11.2. The van der Waals surface area contributed by atoms with E-state index in [-0.39, 0.29) is 5.60 Å². The molecule has 3 rings (SSSR count). The summed E-state index contributed by atoms with van der Waals surface area (Å²) in [6.45, 7) is 0.932. The van der Waals surface area contributed by atoms with Gasteiger partial charge in [-0.2, -0.15) is 0 Å². The molecular weight excluding hydrogens is 230 g/mol. The lowest BCUT2D eigenvalue weighted by atomic mass is 9.77. The van der Waals surface area contributed by atoms with E-state index in [2.05, 4.69) is 15.5 Å². The van der Waals surface area contributed by atoms with E-state index in [0.29, 0.717) is 0 Å². The summed E-state index contributed by atoms with van der Waals surface area (Å²) in [5, 5.41) is 11.7. The van der Waals surface area contributed by atoms with Crippen molar-refractivity contribution in [1.82, 2.24) is 15.5 Å². The largest absolute Gasteiger partial charge is 0.425 e. The summed E-state index contributed by atoms with van der Waals surface area (Å²) in [6, 6.07) is 0.735. The molecule has 0 amide bonds. The molecule has 0 bridgehead atoms. The third-order valence-corrected chi connectivity index (χ3v) is 4.03. The minimum atomic E-state index is -0.0317. The third-order valence-electron chi connectivity index (χ3n) is 4.03. The van der Waals surface area contributed by atoms with Gasteiger partial charge in [0.1, 0.15) is 0 Å². The van der Waals surface area contributed by atoms with Gasteiger partial charge in [0.2, 0.25) is 11.8 Å². The zero-order chi connectivity index (χ0) is 12.4. The fraction of sp³-hybridized carbons (Fsp3) is 0.846. The van der Waals surface area contributed by atoms with Crippen LogP contribution in [0.5, 0.6) is 0 Å². The van der Waals surface area contributed by atoms with Crippen molar-refractivity contribution >= 4 is 0 Å². The maximum absolute atomic E-state index is 5.68. The zero-order valence-electron chi connectivity index (χ0n) is 10.9. The standard InChI is InChI=1S/C13H21N3O2/c1-17-13(6-2-7-13)9-12-16-15-11(18-12)5-8-14-10-3-4-10/h10,14H,2-9H2,1H3. The van der Waals surface area contributed by atoms with Gasteiger partial charge in [0.25, 0.3) is 0 Å². The highest BCUT2D eigenvalue weighted by molar-refractivity contribution is 4.98. The van der Waals surface area contributed by atoms with E-state index in [1.54, 1.807) is 7.11 Å². The smallest absolute Gasteiger partial charge is 0.219 e. The van der Waals surface area contributed by atoms with Crippen LogP contribution in [0.25, 0.3) is 0 Å². The summed E-state index contributed by atoms with van der Waals surface area (Å²) in [5.41, 5.74) is -0.0317. The van der Waals surface area contributed by atoms with Crippen LogP contribution < -0.4 is 5.32 Å². The third kappa shape index (κ3) is 2.72. The second-order valence-corrected chi connectivity index (χ2v) is 5.49. The van der Waals surface area contributed by atoms with Crippen molar-refractivity contribution in [2.24, 2.45) is 0 Å². The van der Waals surface area contributed by atoms with Crippen molar-refractivity contribution in [3.05, 3.63) is 11.8 Å². The van der Waals surface area contributed by atoms with Gasteiger partial charge in [-0.25, -0.2) is 0 Å². The van der Waals surface area contributed by atoms with Gasteiger partial charge < -0.3 is 14.5 Å². The van der Waals surface area contributed by atoms with Gasteiger partial charge in [0, 0.05) is 26.1 Å². The van der Waals surface area contributed by atoms with Crippen molar-refractivity contribution in [1.29, 1.82) is 0 Å². The molecule has 0 unspecified atom stereocenters. The van der Waals surface area contributed by atoms with Crippen LogP contribution in [0.15, 0.2) is 4.42 Å². The predicted octanol–water partition coefficient (Wildman–Crippen LogP) is 1.48. The highest BCUT2D eigenvalue weighted by atomic mass is 16.5. The fourth-order valence-electron chi connectivity index (χ4n) is 2.43. The molecule has 18 heavy (non-hydrogen) atoms. The Morgan fingerprint density at radius 1 is 1.33 bits per heavy atom. The molecule has 100 valence electrons. The van der Waals surface area contributed by atoms with Crippen LogP contribution in [0.2, 0.25) is 0 Å². The van der Waals surface area contributed by atoms with Gasteiger partial charge in [-0.1, -0.05) is 0 Å². The first-order valence-corrected chi connectivity index (χ1v) is 6.89. The van der Waals surface area contributed by atoms with Crippen molar-refractivity contribution in [2.75, 3.05) is 13.7 Å². The number of nitrogens with one attached hydrogen (secondary N) is 1. The van der Waals surface area contributed by atoms with Crippen LogP contribution in [0.1, 0.15) is 43.9 Å². The number of rotatable bonds is 7. The van der Waals surface area contributed by atoms with Crippen LogP contribution in [0.3, 0.4) is 0 Å². The van der Waals surface area contributed by atoms with E-state index in [0.717, 1.165) is 50.1 Å². The van der Waals surface area contributed by atoms with E-state index >= 15 is 0 Å². The molecular formula is C13H21N3O2. The first kappa shape index (κ1) is 12.1. The van der Waals surface area contributed by atoms with Crippen LogP contribution in [-0.2, 0) is 17.6 Å². The Hall–Kier alpha value is -0.940. The van der Waals surface area contributed by atoms with Gasteiger partial charge in [-0.05, 0) is 32.1 Å². The van der Waals surface area contributed by atoms with E-state index in [1.807, 2.05) is 0 Å². The molecule has 2 aliphatic rings. The molecule has 1 aromatic heterocycles. The Morgan fingerprint density at radius 2 is 2.11 bits per heavy atom. The predicted molar refractivity (Wildman–Crippen MR) is 66.3 cm³/mol. The lowest BCUT2D eigenvalue weighted by molar-refractivity contribution is -0.0746. The van der Waals surface area contributed by atoms with Crippen molar-refractivity contribution in [2.45, 2.75) is 56.6 Å². The quantitative estimate of drug-likeness (QED) is 0.795. The Labute approximate surface area is 107 Å². The molecule has 1 N–H and O–H groups in total. The van der Waals surface area contributed by atoms with E-state index < -0.39 is 0 Å². The molecule has 1 aromatic rings. The molecule has 5 nitrogen and oxygen atoms in total. The number of aromatic nitrogens is 2. The molecule has 2 saturated carbocycles. The monoisotopic (exact) mass is 251 g/mol. The second kappa shape index (κ2) is 4.97. The summed E-state index contributed by atoms with van der Waals surface area (Å²) >= 11 is 0. The average molecular weight is 251 g/mol. The first-order chi connectivity index (χ1) is 8.80. The van der Waals surface area contributed by atoms with Crippen molar-refractivity contribution < 1.29 is 9.15 Å². The van der Waals surface area contributed by atoms with Gasteiger partial charge >= 0.3 is 0 Å². The Kier molecular flexibility index (Phi) is 3.35. The highest BCUT2D eigenvalue weighted by Crippen LogP contribution is 2.37. The molecule has 0 saturated heterocycles. The second-order valence-electron chi connectivity index (χ2n) is 5.49. The molecule has 5 heteroatoms. The molecule has 2 fully saturated rings. The van der Waals surface area contributed by atoms with Crippen molar-refractivity contribution in [3.63, 3.8) is 0 Å². The number of hydrogen-bond donors (Lipinski definition) is 1. The fourth-order valence-corrected chi connectivity index (χ4v) is 2.43. The number of methoxy groups -OCH3 is 1. The van der Waals surface area contributed by atoms with Crippen LogP contribution >= 0.6 is 0 Å². The molecule has 2 aliphatic carbocycles. The number of ether oxygens (including phenoxy) is 1. The summed E-state index contributed by atoms with van der Waals surface area (Å²) in [4.78, 5) is 0. The zero-order valence-corrected chi connectivity index (χ0v) is 10.9.